The van der Waals surface area contributed by atoms with Crippen LogP contribution in [0, 0.1) is 11.8 Å². The lowest BCUT2D eigenvalue weighted by atomic mass is 10.2. The summed E-state index contributed by atoms with van der Waals surface area (Å²) in [5.74, 6) is 7.39. The number of nitrogens with one attached hydrogen (secondary N) is 1. The van der Waals surface area contributed by atoms with Gasteiger partial charge in [-0.25, -0.2) is 19.9 Å². The van der Waals surface area contributed by atoms with E-state index in [0.717, 1.165) is 12.2 Å². The Morgan fingerprint density at radius 3 is 2.81 bits per heavy atom. The zero-order valence-electron chi connectivity index (χ0n) is 20.3. The number of ether oxygens (including phenoxy) is 1. The number of hydrogen-bond donors (Lipinski definition) is 1. The van der Waals surface area contributed by atoms with Crippen LogP contribution < -0.4 is 15.0 Å². The molecule has 186 valence electrons. The number of aromatic nitrogens is 4. The second kappa shape index (κ2) is 10.7. The number of likely N-dealkylation sites (tertiary alicyclic amines) is 1. The zero-order chi connectivity index (χ0) is 25.8. The van der Waals surface area contributed by atoms with Crippen molar-refractivity contribution in [1.82, 2.24) is 24.8 Å². The Morgan fingerprint density at radius 1 is 1.19 bits per heavy atom. The van der Waals surface area contributed by atoms with E-state index in [1.54, 1.807) is 24.1 Å². The Morgan fingerprint density at radius 2 is 2.03 bits per heavy atom. The number of anilines is 3. The topological polar surface area (TPSA) is 96.4 Å². The Bertz CT molecular complexity index is 1500. The second-order valence-electron chi connectivity index (χ2n) is 8.49. The van der Waals surface area contributed by atoms with E-state index in [-0.39, 0.29) is 11.9 Å². The third-order valence-electron chi connectivity index (χ3n) is 6.09. The molecule has 1 aromatic carbocycles. The molecule has 1 aliphatic rings. The Balaban J connectivity index is 1.35. The van der Waals surface area contributed by atoms with Gasteiger partial charge in [-0.3, -0.25) is 4.79 Å². The van der Waals surface area contributed by atoms with Gasteiger partial charge < -0.3 is 19.9 Å². The highest BCUT2D eigenvalue weighted by molar-refractivity contribution is 6.32. The van der Waals surface area contributed by atoms with Crippen LogP contribution in [0.1, 0.15) is 13.3 Å². The summed E-state index contributed by atoms with van der Waals surface area (Å²) in [4.78, 5) is 34.0. The van der Waals surface area contributed by atoms with Crippen LogP contribution in [-0.4, -0.2) is 56.9 Å². The molecule has 0 unspecified atom stereocenters. The number of carbonyl (C=O) groups is 1. The highest BCUT2D eigenvalue weighted by atomic mass is 35.5. The molecule has 0 spiro atoms. The number of carbonyl (C=O) groups excluding carboxylic acids is 1. The van der Waals surface area contributed by atoms with Crippen molar-refractivity contribution >= 4 is 45.9 Å². The number of amides is 1. The van der Waals surface area contributed by atoms with E-state index >= 15 is 0 Å². The molecule has 10 heteroatoms. The van der Waals surface area contributed by atoms with Crippen molar-refractivity contribution in [2.45, 2.75) is 19.4 Å². The molecule has 1 atom stereocenters. The first-order chi connectivity index (χ1) is 18.0. The van der Waals surface area contributed by atoms with Gasteiger partial charge in [0.2, 0.25) is 5.88 Å². The van der Waals surface area contributed by atoms with Crippen LogP contribution in [0.2, 0.25) is 5.02 Å². The standard InChI is InChI=1S/C27H24ClN7O2/c1-3-7-24(36)35-13-12-19(16-35)34(2)23-11-10-22-25(33-23)26(31-17-30-22)32-18-14-21(28)27(29-15-18)37-20-8-5-4-6-9-20/h4-6,8-11,14-15,17,19H,12-13,16H2,1-2H3,(H,30,31,32)/t19-/m0/s1. The number of para-hydroxylation sites is 1. The van der Waals surface area contributed by atoms with Crippen molar-refractivity contribution in [2.75, 3.05) is 30.4 Å². The molecule has 1 aliphatic heterocycles. The van der Waals surface area contributed by atoms with Crippen molar-refractivity contribution < 1.29 is 9.53 Å². The molecule has 0 radical (unpaired) electrons. The van der Waals surface area contributed by atoms with Gasteiger partial charge in [0.15, 0.2) is 5.82 Å². The first kappa shape index (κ1) is 24.3. The van der Waals surface area contributed by atoms with E-state index in [2.05, 4.69) is 37.0 Å². The predicted octanol–water partition coefficient (Wildman–Crippen LogP) is 4.67. The van der Waals surface area contributed by atoms with Gasteiger partial charge in [-0.15, -0.1) is 0 Å². The molecule has 0 bridgehead atoms. The van der Waals surface area contributed by atoms with Crippen molar-refractivity contribution in [3.05, 3.63) is 66.1 Å². The van der Waals surface area contributed by atoms with Crippen LogP contribution in [0.4, 0.5) is 17.3 Å². The molecule has 0 saturated carbocycles. The lowest BCUT2D eigenvalue weighted by Crippen LogP contribution is -2.36. The molecule has 1 saturated heterocycles. The van der Waals surface area contributed by atoms with E-state index in [1.165, 1.54) is 6.33 Å². The first-order valence-electron chi connectivity index (χ1n) is 11.7. The van der Waals surface area contributed by atoms with Gasteiger partial charge in [-0.05, 0) is 49.6 Å². The van der Waals surface area contributed by atoms with Crippen molar-refractivity contribution in [3.63, 3.8) is 0 Å². The normalized spacial score (nSPS) is 14.7. The maximum absolute atomic E-state index is 12.2. The predicted molar refractivity (Wildman–Crippen MR) is 143 cm³/mol. The van der Waals surface area contributed by atoms with Crippen LogP contribution in [-0.2, 0) is 4.79 Å². The van der Waals surface area contributed by atoms with Gasteiger partial charge in [0.25, 0.3) is 5.91 Å². The van der Waals surface area contributed by atoms with Crippen LogP contribution >= 0.6 is 11.6 Å². The number of pyridine rings is 2. The fraction of sp³-hybridized carbons (Fsp3) is 0.222. The van der Waals surface area contributed by atoms with E-state index in [0.29, 0.717) is 52.3 Å². The minimum absolute atomic E-state index is 0.133. The molecule has 3 aromatic heterocycles. The lowest BCUT2D eigenvalue weighted by molar-refractivity contribution is -0.124. The molecular weight excluding hydrogens is 490 g/mol. The number of fused-ring (bicyclic) bond motifs is 1. The fourth-order valence-corrected chi connectivity index (χ4v) is 4.34. The molecule has 1 N–H and O–H groups in total. The van der Waals surface area contributed by atoms with Crippen LogP contribution in [0.25, 0.3) is 11.0 Å². The summed E-state index contributed by atoms with van der Waals surface area (Å²) in [5.41, 5.74) is 1.93. The molecule has 1 fully saturated rings. The highest BCUT2D eigenvalue weighted by Crippen LogP contribution is 2.31. The number of likely N-dealkylation sites (N-methyl/N-ethyl adjacent to an activating group) is 1. The largest absolute Gasteiger partial charge is 0.438 e. The first-order valence-corrected chi connectivity index (χ1v) is 12.1. The Hall–Kier alpha value is -4.42. The summed E-state index contributed by atoms with van der Waals surface area (Å²) < 4.78 is 5.76. The number of nitrogens with zero attached hydrogens (tertiary/aromatic N) is 6. The van der Waals surface area contributed by atoms with Gasteiger partial charge >= 0.3 is 0 Å². The molecule has 37 heavy (non-hydrogen) atoms. The van der Waals surface area contributed by atoms with Crippen LogP contribution in [0.3, 0.4) is 0 Å². The maximum Gasteiger partial charge on any atom is 0.298 e. The molecule has 0 aliphatic carbocycles. The van der Waals surface area contributed by atoms with Gasteiger partial charge in [0, 0.05) is 26.2 Å². The van der Waals surface area contributed by atoms with E-state index in [4.69, 9.17) is 21.3 Å². The minimum Gasteiger partial charge on any atom is -0.438 e. The van der Waals surface area contributed by atoms with Crippen LogP contribution in [0.5, 0.6) is 11.6 Å². The summed E-state index contributed by atoms with van der Waals surface area (Å²) in [6.45, 7) is 2.94. The molecular formula is C27H24ClN7O2. The van der Waals surface area contributed by atoms with Crippen molar-refractivity contribution in [3.8, 4) is 23.5 Å². The zero-order valence-corrected chi connectivity index (χ0v) is 21.1. The molecule has 5 rings (SSSR count). The third kappa shape index (κ3) is 5.39. The van der Waals surface area contributed by atoms with Crippen molar-refractivity contribution in [2.24, 2.45) is 0 Å². The van der Waals surface area contributed by atoms with Gasteiger partial charge in [0.1, 0.15) is 28.4 Å². The number of halogens is 1. The molecule has 4 aromatic rings. The highest BCUT2D eigenvalue weighted by Gasteiger charge is 2.29. The summed E-state index contributed by atoms with van der Waals surface area (Å²) in [6.07, 6.45) is 3.94. The van der Waals surface area contributed by atoms with E-state index in [1.807, 2.05) is 49.5 Å². The SMILES string of the molecule is CC#CC(=O)N1CC[C@H](N(C)c2ccc3ncnc(Nc4cnc(Oc5ccccc5)c(Cl)c4)c3n2)C1. The number of rotatable bonds is 6. The lowest BCUT2D eigenvalue weighted by Gasteiger charge is -2.26. The molecule has 1 amide bonds. The molecule has 9 nitrogen and oxygen atoms in total. The summed E-state index contributed by atoms with van der Waals surface area (Å²) >= 11 is 6.44. The third-order valence-corrected chi connectivity index (χ3v) is 6.36. The van der Waals surface area contributed by atoms with Crippen LogP contribution in [0.15, 0.2) is 61.1 Å². The van der Waals surface area contributed by atoms with Gasteiger partial charge in [0.05, 0.1) is 17.4 Å². The number of benzene rings is 1. The minimum atomic E-state index is -0.141. The number of hydrogen-bond acceptors (Lipinski definition) is 8. The maximum atomic E-state index is 12.2. The summed E-state index contributed by atoms with van der Waals surface area (Å²) in [6, 6.07) is 15.0. The van der Waals surface area contributed by atoms with Gasteiger partial charge in [-0.2, -0.15) is 0 Å². The van der Waals surface area contributed by atoms with E-state index < -0.39 is 0 Å². The summed E-state index contributed by atoms with van der Waals surface area (Å²) in [7, 11) is 1.98. The summed E-state index contributed by atoms with van der Waals surface area (Å²) in [5, 5.41) is 3.60. The average Bonchev–Trinajstić information content (AvgIpc) is 3.41. The van der Waals surface area contributed by atoms with Crippen molar-refractivity contribution in [1.29, 1.82) is 0 Å². The monoisotopic (exact) mass is 513 g/mol. The molecule has 4 heterocycles. The Kier molecular flexibility index (Phi) is 7.01. The average molecular weight is 514 g/mol. The fourth-order valence-electron chi connectivity index (χ4n) is 4.14. The second-order valence-corrected chi connectivity index (χ2v) is 8.90. The van der Waals surface area contributed by atoms with E-state index in [9.17, 15) is 4.79 Å². The van der Waals surface area contributed by atoms with Gasteiger partial charge in [-0.1, -0.05) is 35.7 Å². The Labute approximate surface area is 219 Å². The smallest absolute Gasteiger partial charge is 0.298 e. The quantitative estimate of drug-likeness (QED) is 0.372.